The number of Topliss-reactive ketones (excluding diaryl/α,β-unsaturated/α-hetero) is 1. The quantitative estimate of drug-likeness (QED) is 0.197. The van der Waals surface area contributed by atoms with Crippen LogP contribution < -0.4 is 0 Å². The minimum atomic E-state index is 0.122. The van der Waals surface area contributed by atoms with Crippen molar-refractivity contribution in [2.24, 2.45) is 0 Å². The first-order chi connectivity index (χ1) is 12.1. The zero-order valence-electron chi connectivity index (χ0n) is 17.7. The minimum absolute atomic E-state index is 0.122. The predicted molar refractivity (Wildman–Crippen MR) is 112 cm³/mol. The van der Waals surface area contributed by atoms with Gasteiger partial charge in [-0.2, -0.15) is 0 Å². The Bertz CT molecular complexity index is 322. The highest BCUT2D eigenvalue weighted by molar-refractivity contribution is 5.83. The molecule has 0 aromatic rings. The molecule has 1 atom stereocenters. The SMILES string of the molecule is CCCCCCCC/C=C\CCCCCCCC(=O)C(CC)N(C)C. The number of rotatable bonds is 18. The molecular formula is C23H45NO. The molecule has 25 heavy (non-hydrogen) atoms. The lowest BCUT2D eigenvalue weighted by Crippen LogP contribution is -2.34. The zero-order chi connectivity index (χ0) is 18.8. The molecule has 0 spiro atoms. The van der Waals surface area contributed by atoms with Gasteiger partial charge in [0.25, 0.3) is 0 Å². The van der Waals surface area contributed by atoms with Crippen molar-refractivity contribution in [3.63, 3.8) is 0 Å². The summed E-state index contributed by atoms with van der Waals surface area (Å²) in [6.07, 6.45) is 23.4. The van der Waals surface area contributed by atoms with Crippen molar-refractivity contribution in [2.45, 2.75) is 116 Å². The average Bonchev–Trinajstić information content (AvgIpc) is 2.58. The van der Waals surface area contributed by atoms with Gasteiger partial charge in [-0.05, 0) is 52.6 Å². The molecule has 0 N–H and O–H groups in total. The molecule has 0 heterocycles. The molecule has 0 fully saturated rings. The maximum Gasteiger partial charge on any atom is 0.149 e. The highest BCUT2D eigenvalue weighted by Crippen LogP contribution is 2.12. The molecule has 0 aromatic heterocycles. The molecule has 2 heteroatoms. The van der Waals surface area contributed by atoms with Crippen molar-refractivity contribution >= 4 is 5.78 Å². The van der Waals surface area contributed by atoms with Crippen LogP contribution in [0.15, 0.2) is 12.2 Å². The molecule has 0 saturated heterocycles. The van der Waals surface area contributed by atoms with E-state index in [9.17, 15) is 4.79 Å². The molecule has 1 unspecified atom stereocenters. The summed E-state index contributed by atoms with van der Waals surface area (Å²) in [6.45, 7) is 4.37. The van der Waals surface area contributed by atoms with Gasteiger partial charge in [0, 0.05) is 6.42 Å². The van der Waals surface area contributed by atoms with Crippen molar-refractivity contribution in [3.05, 3.63) is 12.2 Å². The van der Waals surface area contributed by atoms with Crippen LogP contribution in [-0.4, -0.2) is 30.8 Å². The fraction of sp³-hybridized carbons (Fsp3) is 0.870. The number of hydrogen-bond acceptors (Lipinski definition) is 2. The molecule has 0 radical (unpaired) electrons. The lowest BCUT2D eigenvalue weighted by atomic mass is 10.0. The Kier molecular flexibility index (Phi) is 17.7. The number of nitrogens with zero attached hydrogens (tertiary/aromatic N) is 1. The molecule has 0 aliphatic carbocycles. The molecule has 0 aliphatic rings. The van der Waals surface area contributed by atoms with Crippen LogP contribution >= 0.6 is 0 Å². The summed E-state index contributed by atoms with van der Waals surface area (Å²) >= 11 is 0. The van der Waals surface area contributed by atoms with E-state index in [0.717, 1.165) is 19.3 Å². The van der Waals surface area contributed by atoms with Crippen LogP contribution in [-0.2, 0) is 4.79 Å². The molecule has 0 rings (SSSR count). The molecule has 0 aromatic carbocycles. The van der Waals surface area contributed by atoms with Gasteiger partial charge in [0.1, 0.15) is 5.78 Å². The third-order valence-corrected chi connectivity index (χ3v) is 5.07. The summed E-state index contributed by atoms with van der Waals surface area (Å²) in [6, 6.07) is 0.122. The first-order valence-electron chi connectivity index (χ1n) is 11.0. The van der Waals surface area contributed by atoms with Gasteiger partial charge in [0.2, 0.25) is 0 Å². The van der Waals surface area contributed by atoms with E-state index in [1.54, 1.807) is 0 Å². The third kappa shape index (κ3) is 15.3. The van der Waals surface area contributed by atoms with Crippen LogP contribution in [0.25, 0.3) is 0 Å². The normalized spacial score (nSPS) is 13.0. The third-order valence-electron chi connectivity index (χ3n) is 5.07. The molecule has 148 valence electrons. The van der Waals surface area contributed by atoms with Crippen LogP contribution in [0, 0.1) is 0 Å². The van der Waals surface area contributed by atoms with E-state index in [1.165, 1.54) is 77.0 Å². The summed E-state index contributed by atoms with van der Waals surface area (Å²) in [5.74, 6) is 0.421. The lowest BCUT2D eigenvalue weighted by molar-refractivity contribution is -0.123. The fourth-order valence-corrected chi connectivity index (χ4v) is 3.42. The van der Waals surface area contributed by atoms with Crippen molar-refractivity contribution in [3.8, 4) is 0 Å². The molecule has 0 amide bonds. The van der Waals surface area contributed by atoms with Gasteiger partial charge >= 0.3 is 0 Å². The average molecular weight is 352 g/mol. The Morgan fingerprint density at radius 2 is 1.24 bits per heavy atom. The highest BCUT2D eigenvalue weighted by atomic mass is 16.1. The Morgan fingerprint density at radius 1 is 0.760 bits per heavy atom. The van der Waals surface area contributed by atoms with E-state index in [1.807, 2.05) is 14.1 Å². The van der Waals surface area contributed by atoms with Crippen LogP contribution in [0.2, 0.25) is 0 Å². The molecule has 2 nitrogen and oxygen atoms in total. The Balaban J connectivity index is 3.36. The number of allylic oxidation sites excluding steroid dienone is 2. The number of ketones is 1. The maximum absolute atomic E-state index is 12.1. The van der Waals surface area contributed by atoms with Gasteiger partial charge in [-0.25, -0.2) is 0 Å². The minimum Gasteiger partial charge on any atom is -0.300 e. The summed E-state index contributed by atoms with van der Waals surface area (Å²) in [4.78, 5) is 14.2. The summed E-state index contributed by atoms with van der Waals surface area (Å²) in [7, 11) is 4.01. The topological polar surface area (TPSA) is 20.3 Å². The zero-order valence-corrected chi connectivity index (χ0v) is 17.7. The van der Waals surface area contributed by atoms with Gasteiger partial charge < -0.3 is 0 Å². The monoisotopic (exact) mass is 351 g/mol. The van der Waals surface area contributed by atoms with E-state index >= 15 is 0 Å². The van der Waals surface area contributed by atoms with Crippen molar-refractivity contribution < 1.29 is 4.79 Å². The van der Waals surface area contributed by atoms with E-state index in [4.69, 9.17) is 0 Å². The highest BCUT2D eigenvalue weighted by Gasteiger charge is 2.17. The number of carbonyl (C=O) groups is 1. The van der Waals surface area contributed by atoms with Crippen LogP contribution in [0.5, 0.6) is 0 Å². The first-order valence-corrected chi connectivity index (χ1v) is 11.0. The molecule has 0 bridgehead atoms. The van der Waals surface area contributed by atoms with Crippen LogP contribution in [0.1, 0.15) is 110 Å². The molecular weight excluding hydrogens is 306 g/mol. The van der Waals surface area contributed by atoms with E-state index < -0.39 is 0 Å². The summed E-state index contributed by atoms with van der Waals surface area (Å²) in [5, 5.41) is 0. The Morgan fingerprint density at radius 3 is 1.72 bits per heavy atom. The van der Waals surface area contributed by atoms with Crippen molar-refractivity contribution in [1.29, 1.82) is 0 Å². The van der Waals surface area contributed by atoms with Gasteiger partial charge in [-0.1, -0.05) is 77.4 Å². The van der Waals surface area contributed by atoms with Crippen LogP contribution in [0.4, 0.5) is 0 Å². The Hall–Kier alpha value is -0.630. The van der Waals surface area contributed by atoms with E-state index in [0.29, 0.717) is 5.78 Å². The summed E-state index contributed by atoms with van der Waals surface area (Å²) in [5.41, 5.74) is 0. The lowest BCUT2D eigenvalue weighted by Gasteiger charge is -2.21. The van der Waals surface area contributed by atoms with Crippen molar-refractivity contribution in [1.82, 2.24) is 4.90 Å². The molecule has 0 saturated carbocycles. The number of carbonyl (C=O) groups excluding carboxylic acids is 1. The number of unbranched alkanes of at least 4 members (excludes halogenated alkanes) is 11. The fourth-order valence-electron chi connectivity index (χ4n) is 3.42. The number of hydrogen-bond donors (Lipinski definition) is 0. The largest absolute Gasteiger partial charge is 0.300 e. The van der Waals surface area contributed by atoms with Crippen molar-refractivity contribution in [2.75, 3.05) is 14.1 Å². The summed E-state index contributed by atoms with van der Waals surface area (Å²) < 4.78 is 0. The Labute approximate surface area is 158 Å². The second kappa shape index (κ2) is 18.2. The second-order valence-electron chi connectivity index (χ2n) is 7.69. The second-order valence-corrected chi connectivity index (χ2v) is 7.69. The van der Waals surface area contributed by atoms with E-state index in [2.05, 4.69) is 30.9 Å². The van der Waals surface area contributed by atoms with Gasteiger partial charge in [0.05, 0.1) is 6.04 Å². The first kappa shape index (κ1) is 24.4. The number of likely N-dealkylation sites (N-methyl/N-ethyl adjacent to an activating group) is 1. The van der Waals surface area contributed by atoms with Crippen LogP contribution in [0.3, 0.4) is 0 Å². The molecule has 0 aliphatic heterocycles. The standard InChI is InChI=1S/C23H45NO/c1-5-7-8-9-10-11-12-13-14-15-16-17-18-19-20-21-23(25)22(6-2)24(3)4/h13-14,22H,5-12,15-21H2,1-4H3/b14-13-. The maximum atomic E-state index is 12.1. The van der Waals surface area contributed by atoms with Gasteiger partial charge in [-0.3, -0.25) is 9.69 Å². The smallest absolute Gasteiger partial charge is 0.149 e. The van der Waals surface area contributed by atoms with E-state index in [-0.39, 0.29) is 6.04 Å². The van der Waals surface area contributed by atoms with Gasteiger partial charge in [-0.15, -0.1) is 0 Å². The predicted octanol–water partition coefficient (Wildman–Crippen LogP) is 6.93. The van der Waals surface area contributed by atoms with Gasteiger partial charge in [0.15, 0.2) is 0 Å².